The summed E-state index contributed by atoms with van der Waals surface area (Å²) in [7, 11) is -1.10. The molecule has 1 aromatic carbocycles. The van der Waals surface area contributed by atoms with Crippen molar-refractivity contribution in [2.45, 2.75) is 30.2 Å². The van der Waals surface area contributed by atoms with Gasteiger partial charge in [0.25, 0.3) is 0 Å². The average Bonchev–Trinajstić information content (AvgIpc) is 2.30. The largest absolute Gasteiger partial charge is 0.317 e. The van der Waals surface area contributed by atoms with Crippen molar-refractivity contribution in [2.24, 2.45) is 0 Å². The molecule has 16 heavy (non-hydrogen) atoms. The van der Waals surface area contributed by atoms with Gasteiger partial charge in [0.2, 0.25) is 0 Å². The van der Waals surface area contributed by atoms with Crippen LogP contribution in [0.3, 0.4) is 0 Å². The van der Waals surface area contributed by atoms with Gasteiger partial charge in [0.1, 0.15) is 11.0 Å². The number of rotatable bonds is 3. The van der Waals surface area contributed by atoms with Gasteiger partial charge in [-0.2, -0.15) is 0 Å². The van der Waals surface area contributed by atoms with E-state index in [9.17, 15) is 4.21 Å². The van der Waals surface area contributed by atoms with E-state index >= 15 is 0 Å². The molecular weight excluding hydrogens is 220 g/mol. The molecule has 0 saturated carbocycles. The average molecular weight is 238 g/mol. The van der Waals surface area contributed by atoms with Crippen molar-refractivity contribution in [1.29, 1.82) is 0 Å². The van der Waals surface area contributed by atoms with Crippen molar-refractivity contribution in [3.63, 3.8) is 0 Å². The van der Waals surface area contributed by atoms with Gasteiger partial charge >= 0.3 is 0 Å². The number of hydrogen-bond acceptors (Lipinski definition) is 2. The molecular formula is C12H18N2OS. The third kappa shape index (κ3) is 2.90. The van der Waals surface area contributed by atoms with Crippen LogP contribution >= 0.6 is 0 Å². The molecule has 88 valence electrons. The molecule has 0 radical (unpaired) electrons. The first kappa shape index (κ1) is 11.8. The fourth-order valence-electron chi connectivity index (χ4n) is 1.91. The number of piperidine rings is 1. The van der Waals surface area contributed by atoms with Crippen molar-refractivity contribution in [2.75, 3.05) is 13.1 Å². The SMILES string of the molecule is CC1(NS(=O)c2ccccc2)CCNCC1. The zero-order valence-corrected chi connectivity index (χ0v) is 10.3. The number of benzene rings is 1. The second-order valence-electron chi connectivity index (χ2n) is 4.49. The van der Waals surface area contributed by atoms with Crippen molar-refractivity contribution in [1.82, 2.24) is 10.0 Å². The van der Waals surface area contributed by atoms with Crippen LogP contribution in [-0.2, 0) is 11.0 Å². The molecule has 0 aliphatic carbocycles. The summed E-state index contributed by atoms with van der Waals surface area (Å²) in [6.07, 6.45) is 2.04. The van der Waals surface area contributed by atoms with E-state index in [1.807, 2.05) is 30.3 Å². The van der Waals surface area contributed by atoms with Crippen LogP contribution in [0.5, 0.6) is 0 Å². The quantitative estimate of drug-likeness (QED) is 0.836. The Morgan fingerprint density at radius 1 is 1.25 bits per heavy atom. The van der Waals surface area contributed by atoms with Crippen LogP contribution in [0.15, 0.2) is 35.2 Å². The minimum atomic E-state index is -1.10. The fourth-order valence-corrected chi connectivity index (χ4v) is 3.08. The van der Waals surface area contributed by atoms with Crippen LogP contribution in [0.1, 0.15) is 19.8 Å². The summed E-state index contributed by atoms with van der Waals surface area (Å²) in [4.78, 5) is 0.849. The summed E-state index contributed by atoms with van der Waals surface area (Å²) in [5.74, 6) is 0. The van der Waals surface area contributed by atoms with Crippen LogP contribution in [0.25, 0.3) is 0 Å². The summed E-state index contributed by atoms with van der Waals surface area (Å²) in [5, 5.41) is 3.31. The standard InChI is InChI=1S/C12H18N2OS/c1-12(7-9-13-10-8-12)14-16(15)11-5-3-2-4-6-11/h2-6,13-14H,7-10H2,1H3. The normalized spacial score (nSPS) is 21.6. The van der Waals surface area contributed by atoms with Crippen molar-refractivity contribution in [3.05, 3.63) is 30.3 Å². The Bertz CT molecular complexity index is 361. The second kappa shape index (κ2) is 5.08. The van der Waals surface area contributed by atoms with Crippen molar-refractivity contribution >= 4 is 11.0 Å². The number of nitrogens with one attached hydrogen (secondary N) is 2. The highest BCUT2D eigenvalue weighted by Gasteiger charge is 2.28. The Hall–Kier alpha value is -0.710. The van der Waals surface area contributed by atoms with Gasteiger partial charge in [-0.3, -0.25) is 0 Å². The Labute approximate surface area is 99.2 Å². The summed E-state index contributed by atoms with van der Waals surface area (Å²) in [5.41, 5.74) is -0.00798. The summed E-state index contributed by atoms with van der Waals surface area (Å²) in [6, 6.07) is 9.56. The Morgan fingerprint density at radius 2 is 1.88 bits per heavy atom. The Morgan fingerprint density at radius 3 is 2.50 bits per heavy atom. The lowest BCUT2D eigenvalue weighted by Crippen LogP contribution is -2.50. The van der Waals surface area contributed by atoms with Gasteiger partial charge in [0.15, 0.2) is 0 Å². The molecule has 3 nitrogen and oxygen atoms in total. The van der Waals surface area contributed by atoms with Crippen LogP contribution in [-0.4, -0.2) is 22.8 Å². The molecule has 1 saturated heterocycles. The van der Waals surface area contributed by atoms with Crippen molar-refractivity contribution < 1.29 is 4.21 Å². The van der Waals surface area contributed by atoms with Gasteiger partial charge < -0.3 is 5.32 Å². The second-order valence-corrected chi connectivity index (χ2v) is 5.71. The summed E-state index contributed by atoms with van der Waals surface area (Å²) < 4.78 is 15.3. The smallest absolute Gasteiger partial charge is 0.125 e. The highest BCUT2D eigenvalue weighted by molar-refractivity contribution is 7.83. The fraction of sp³-hybridized carbons (Fsp3) is 0.500. The molecule has 0 spiro atoms. The lowest BCUT2D eigenvalue weighted by Gasteiger charge is -2.34. The van der Waals surface area contributed by atoms with Gasteiger partial charge in [-0.1, -0.05) is 18.2 Å². The van der Waals surface area contributed by atoms with E-state index in [0.29, 0.717) is 0 Å². The van der Waals surface area contributed by atoms with E-state index in [0.717, 1.165) is 30.8 Å². The van der Waals surface area contributed by atoms with Gasteiger partial charge in [0, 0.05) is 5.54 Å². The predicted octanol–water partition coefficient (Wildman–Crippen LogP) is 1.44. The molecule has 1 fully saturated rings. The van der Waals surface area contributed by atoms with E-state index in [2.05, 4.69) is 17.0 Å². The molecule has 4 heteroatoms. The Kier molecular flexibility index (Phi) is 3.74. The van der Waals surface area contributed by atoms with Crippen molar-refractivity contribution in [3.8, 4) is 0 Å². The summed E-state index contributed by atoms with van der Waals surface area (Å²) in [6.45, 7) is 4.14. The van der Waals surface area contributed by atoms with Gasteiger partial charge in [-0.05, 0) is 45.0 Å². The molecule has 1 aliphatic heterocycles. The first-order chi connectivity index (χ1) is 7.70. The first-order valence-electron chi connectivity index (χ1n) is 5.65. The lowest BCUT2D eigenvalue weighted by molar-refractivity contribution is 0.312. The molecule has 1 unspecified atom stereocenters. The maximum Gasteiger partial charge on any atom is 0.125 e. The minimum absolute atomic E-state index is 0.00798. The van der Waals surface area contributed by atoms with E-state index in [-0.39, 0.29) is 5.54 Å². The monoisotopic (exact) mass is 238 g/mol. The molecule has 1 aromatic rings. The van der Waals surface area contributed by atoms with Crippen LogP contribution in [0.4, 0.5) is 0 Å². The van der Waals surface area contributed by atoms with E-state index in [4.69, 9.17) is 0 Å². The lowest BCUT2D eigenvalue weighted by atomic mass is 9.92. The highest BCUT2D eigenvalue weighted by Crippen LogP contribution is 2.19. The minimum Gasteiger partial charge on any atom is -0.317 e. The zero-order chi connectivity index (χ0) is 11.4. The molecule has 2 rings (SSSR count). The third-order valence-corrected chi connectivity index (χ3v) is 4.38. The van der Waals surface area contributed by atoms with E-state index < -0.39 is 11.0 Å². The van der Waals surface area contributed by atoms with E-state index in [1.54, 1.807) is 0 Å². The molecule has 1 heterocycles. The van der Waals surface area contributed by atoms with Crippen LogP contribution < -0.4 is 10.0 Å². The Balaban J connectivity index is 2.01. The third-order valence-electron chi connectivity index (χ3n) is 3.00. The van der Waals surface area contributed by atoms with Gasteiger partial charge in [0.05, 0.1) is 4.90 Å². The van der Waals surface area contributed by atoms with Gasteiger partial charge in [-0.25, -0.2) is 8.93 Å². The maximum absolute atomic E-state index is 12.1. The zero-order valence-electron chi connectivity index (χ0n) is 9.53. The highest BCUT2D eigenvalue weighted by atomic mass is 32.2. The first-order valence-corrected chi connectivity index (χ1v) is 6.80. The van der Waals surface area contributed by atoms with Crippen LogP contribution in [0, 0.1) is 0 Å². The predicted molar refractivity (Wildman–Crippen MR) is 66.5 cm³/mol. The van der Waals surface area contributed by atoms with E-state index in [1.165, 1.54) is 0 Å². The molecule has 0 amide bonds. The van der Waals surface area contributed by atoms with Crippen LogP contribution in [0.2, 0.25) is 0 Å². The molecule has 2 N–H and O–H groups in total. The summed E-state index contributed by atoms with van der Waals surface area (Å²) >= 11 is 0. The van der Waals surface area contributed by atoms with Gasteiger partial charge in [-0.15, -0.1) is 0 Å². The maximum atomic E-state index is 12.1. The topological polar surface area (TPSA) is 41.1 Å². The molecule has 0 bridgehead atoms. The molecule has 0 aromatic heterocycles. The molecule has 1 atom stereocenters. The number of hydrogen-bond donors (Lipinski definition) is 2. The molecule has 1 aliphatic rings.